The zero-order chi connectivity index (χ0) is 16.1. The summed E-state index contributed by atoms with van der Waals surface area (Å²) in [7, 11) is 0. The smallest absolute Gasteiger partial charge is 0.260 e. The second-order valence-electron chi connectivity index (χ2n) is 5.73. The third-order valence-corrected chi connectivity index (χ3v) is 3.95. The number of benzene rings is 1. The van der Waals surface area contributed by atoms with Crippen molar-refractivity contribution in [3.8, 4) is 17.2 Å². The molecule has 1 aromatic heterocycles. The van der Waals surface area contributed by atoms with Gasteiger partial charge in [0.2, 0.25) is 11.8 Å². The number of carbonyl (C=O) groups is 1. The molecule has 0 bridgehead atoms. The van der Waals surface area contributed by atoms with Crippen LogP contribution in [0.3, 0.4) is 0 Å². The van der Waals surface area contributed by atoms with E-state index in [1.165, 1.54) is 12.8 Å². The highest BCUT2D eigenvalue weighted by Gasteiger charge is 2.16. The molecule has 0 N–H and O–H groups in total. The standard InChI is InChI=1S/C17H21N3O3/c1-13-18-19-17(23-13)14-6-8-15(9-7-14)22-12-16(21)20-10-4-2-3-5-11-20/h6-9H,2-5,10-12H2,1H3. The Labute approximate surface area is 135 Å². The first-order valence-corrected chi connectivity index (χ1v) is 8.03. The summed E-state index contributed by atoms with van der Waals surface area (Å²) in [5.41, 5.74) is 0.830. The lowest BCUT2D eigenvalue weighted by atomic mass is 10.2. The first kappa shape index (κ1) is 15.5. The van der Waals surface area contributed by atoms with Crippen LogP contribution in [0.4, 0.5) is 0 Å². The Bertz CT molecular complexity index is 643. The minimum Gasteiger partial charge on any atom is -0.484 e. The minimum absolute atomic E-state index is 0.0588. The van der Waals surface area contributed by atoms with Crippen LogP contribution >= 0.6 is 0 Å². The normalized spacial score (nSPS) is 15.3. The van der Waals surface area contributed by atoms with Gasteiger partial charge in [-0.15, -0.1) is 10.2 Å². The molecule has 0 radical (unpaired) electrons. The molecule has 1 aliphatic rings. The van der Waals surface area contributed by atoms with Gasteiger partial charge in [-0.3, -0.25) is 4.79 Å². The van der Waals surface area contributed by atoms with Gasteiger partial charge in [0.1, 0.15) is 5.75 Å². The zero-order valence-electron chi connectivity index (χ0n) is 13.3. The molecule has 1 fully saturated rings. The van der Waals surface area contributed by atoms with E-state index in [4.69, 9.17) is 9.15 Å². The van der Waals surface area contributed by atoms with Crippen molar-refractivity contribution in [2.24, 2.45) is 0 Å². The minimum atomic E-state index is 0.0588. The summed E-state index contributed by atoms with van der Waals surface area (Å²) in [6, 6.07) is 7.31. The lowest BCUT2D eigenvalue weighted by Crippen LogP contribution is -2.35. The third-order valence-electron chi connectivity index (χ3n) is 3.95. The van der Waals surface area contributed by atoms with Crippen molar-refractivity contribution < 1.29 is 13.9 Å². The van der Waals surface area contributed by atoms with Gasteiger partial charge in [0.15, 0.2) is 6.61 Å². The predicted octanol–water partition coefficient (Wildman–Crippen LogP) is 2.83. The van der Waals surface area contributed by atoms with E-state index in [-0.39, 0.29) is 12.5 Å². The van der Waals surface area contributed by atoms with E-state index in [1.54, 1.807) is 6.92 Å². The lowest BCUT2D eigenvalue weighted by molar-refractivity contribution is -0.133. The average molecular weight is 315 g/mol. The van der Waals surface area contributed by atoms with Crippen LogP contribution in [0.2, 0.25) is 0 Å². The van der Waals surface area contributed by atoms with Gasteiger partial charge in [-0.05, 0) is 37.1 Å². The summed E-state index contributed by atoms with van der Waals surface area (Å²) < 4.78 is 11.0. The molecule has 0 spiro atoms. The van der Waals surface area contributed by atoms with Crippen LogP contribution < -0.4 is 4.74 Å². The first-order chi connectivity index (χ1) is 11.2. The maximum Gasteiger partial charge on any atom is 0.260 e. The topological polar surface area (TPSA) is 68.5 Å². The Morgan fingerprint density at radius 2 is 1.83 bits per heavy atom. The van der Waals surface area contributed by atoms with Crippen molar-refractivity contribution in [3.05, 3.63) is 30.2 Å². The summed E-state index contributed by atoms with van der Waals surface area (Å²) in [5, 5.41) is 7.78. The second-order valence-corrected chi connectivity index (χ2v) is 5.73. The lowest BCUT2D eigenvalue weighted by Gasteiger charge is -2.20. The Kier molecular flexibility index (Phi) is 4.90. The maximum absolute atomic E-state index is 12.2. The molecule has 0 atom stereocenters. The predicted molar refractivity (Wildman–Crippen MR) is 85.0 cm³/mol. The van der Waals surface area contributed by atoms with Crippen molar-refractivity contribution in [1.82, 2.24) is 15.1 Å². The molecule has 1 saturated heterocycles. The Morgan fingerprint density at radius 1 is 1.13 bits per heavy atom. The zero-order valence-corrected chi connectivity index (χ0v) is 13.3. The number of hydrogen-bond donors (Lipinski definition) is 0. The highest BCUT2D eigenvalue weighted by Crippen LogP contribution is 2.21. The number of hydrogen-bond acceptors (Lipinski definition) is 5. The van der Waals surface area contributed by atoms with E-state index in [0.29, 0.717) is 17.5 Å². The number of nitrogens with zero attached hydrogens (tertiary/aromatic N) is 3. The van der Waals surface area contributed by atoms with Crippen LogP contribution in [-0.2, 0) is 4.79 Å². The summed E-state index contributed by atoms with van der Waals surface area (Å²) in [6.45, 7) is 3.52. The highest BCUT2D eigenvalue weighted by molar-refractivity contribution is 5.77. The van der Waals surface area contributed by atoms with E-state index in [1.807, 2.05) is 29.2 Å². The molecule has 0 unspecified atom stereocenters. The van der Waals surface area contributed by atoms with Gasteiger partial charge in [-0.1, -0.05) is 12.8 Å². The molecule has 3 rings (SSSR count). The van der Waals surface area contributed by atoms with Gasteiger partial charge in [0.25, 0.3) is 5.91 Å². The molecule has 0 saturated carbocycles. The second kappa shape index (κ2) is 7.26. The van der Waals surface area contributed by atoms with Crippen LogP contribution in [0.25, 0.3) is 11.5 Å². The monoisotopic (exact) mass is 315 g/mol. The number of aryl methyl sites for hydroxylation is 1. The van der Waals surface area contributed by atoms with Gasteiger partial charge in [0.05, 0.1) is 0 Å². The largest absolute Gasteiger partial charge is 0.484 e. The van der Waals surface area contributed by atoms with Gasteiger partial charge < -0.3 is 14.1 Å². The summed E-state index contributed by atoms with van der Waals surface area (Å²) in [6.07, 6.45) is 4.59. The molecular weight excluding hydrogens is 294 g/mol. The first-order valence-electron chi connectivity index (χ1n) is 8.03. The van der Waals surface area contributed by atoms with E-state index < -0.39 is 0 Å². The van der Waals surface area contributed by atoms with Gasteiger partial charge in [-0.2, -0.15) is 0 Å². The molecule has 0 aliphatic carbocycles. The Hall–Kier alpha value is -2.37. The maximum atomic E-state index is 12.2. The van der Waals surface area contributed by atoms with Crippen LogP contribution in [0.5, 0.6) is 5.75 Å². The van der Waals surface area contributed by atoms with Gasteiger partial charge in [-0.25, -0.2) is 0 Å². The molecule has 1 aliphatic heterocycles. The summed E-state index contributed by atoms with van der Waals surface area (Å²) in [4.78, 5) is 14.1. The SMILES string of the molecule is Cc1nnc(-c2ccc(OCC(=O)N3CCCCCC3)cc2)o1. The fourth-order valence-corrected chi connectivity index (χ4v) is 2.66. The highest BCUT2D eigenvalue weighted by atomic mass is 16.5. The average Bonchev–Trinajstić information content (AvgIpc) is 2.84. The van der Waals surface area contributed by atoms with Gasteiger partial charge in [0, 0.05) is 25.6 Å². The Morgan fingerprint density at radius 3 is 2.43 bits per heavy atom. The Balaban J connectivity index is 1.55. The van der Waals surface area contributed by atoms with Crippen LogP contribution in [0.1, 0.15) is 31.6 Å². The van der Waals surface area contributed by atoms with Crippen molar-refractivity contribution in [2.45, 2.75) is 32.6 Å². The van der Waals surface area contributed by atoms with Crippen LogP contribution in [-0.4, -0.2) is 40.7 Å². The number of rotatable bonds is 4. The van der Waals surface area contributed by atoms with Crippen molar-refractivity contribution in [2.75, 3.05) is 19.7 Å². The molecule has 122 valence electrons. The number of amides is 1. The number of aromatic nitrogens is 2. The van der Waals surface area contributed by atoms with E-state index in [9.17, 15) is 4.79 Å². The number of ether oxygens (including phenoxy) is 1. The van der Waals surface area contributed by atoms with Crippen molar-refractivity contribution >= 4 is 5.91 Å². The molecule has 6 nitrogen and oxygen atoms in total. The quantitative estimate of drug-likeness (QED) is 0.868. The fourth-order valence-electron chi connectivity index (χ4n) is 2.66. The molecule has 6 heteroatoms. The van der Waals surface area contributed by atoms with Crippen molar-refractivity contribution in [3.63, 3.8) is 0 Å². The molecule has 1 amide bonds. The van der Waals surface area contributed by atoms with Gasteiger partial charge >= 0.3 is 0 Å². The molecule has 2 aromatic rings. The fraction of sp³-hybridized carbons (Fsp3) is 0.471. The molecule has 2 heterocycles. The molecule has 23 heavy (non-hydrogen) atoms. The van der Waals surface area contributed by atoms with E-state index in [0.717, 1.165) is 31.5 Å². The number of likely N-dealkylation sites (tertiary alicyclic amines) is 1. The molecular formula is C17H21N3O3. The summed E-state index contributed by atoms with van der Waals surface area (Å²) in [5.74, 6) is 1.73. The summed E-state index contributed by atoms with van der Waals surface area (Å²) >= 11 is 0. The van der Waals surface area contributed by atoms with Crippen molar-refractivity contribution in [1.29, 1.82) is 0 Å². The van der Waals surface area contributed by atoms with Crippen LogP contribution in [0.15, 0.2) is 28.7 Å². The number of carbonyl (C=O) groups excluding carboxylic acids is 1. The third kappa shape index (κ3) is 4.09. The van der Waals surface area contributed by atoms with E-state index in [2.05, 4.69) is 10.2 Å². The van der Waals surface area contributed by atoms with Crippen LogP contribution in [0, 0.1) is 6.92 Å². The molecule has 1 aromatic carbocycles. The van der Waals surface area contributed by atoms with E-state index >= 15 is 0 Å².